The molecular formula is C9H15F4N. The van der Waals surface area contributed by atoms with Crippen LogP contribution in [0.5, 0.6) is 0 Å². The third kappa shape index (κ3) is 2.59. The van der Waals surface area contributed by atoms with E-state index in [1.54, 1.807) is 19.0 Å². The molecule has 1 nitrogen and oxygen atoms in total. The van der Waals surface area contributed by atoms with Gasteiger partial charge in [-0.3, -0.25) is 0 Å². The Morgan fingerprint density at radius 1 is 1.14 bits per heavy atom. The lowest BCUT2D eigenvalue weighted by Gasteiger charge is -2.36. The summed E-state index contributed by atoms with van der Waals surface area (Å²) in [5.74, 6) is -1.33. The maximum atomic E-state index is 13.3. The third-order valence-electron chi connectivity index (χ3n) is 2.86. The molecule has 1 saturated carbocycles. The van der Waals surface area contributed by atoms with Gasteiger partial charge in [-0.2, -0.15) is 13.2 Å². The van der Waals surface area contributed by atoms with Gasteiger partial charge in [0, 0.05) is 6.04 Å². The van der Waals surface area contributed by atoms with Crippen molar-refractivity contribution in [3.8, 4) is 0 Å². The topological polar surface area (TPSA) is 3.24 Å². The van der Waals surface area contributed by atoms with E-state index in [1.807, 2.05) is 0 Å². The minimum atomic E-state index is -4.17. The molecule has 1 aliphatic rings. The minimum Gasteiger partial charge on any atom is -0.304 e. The molecule has 5 heteroatoms. The first-order chi connectivity index (χ1) is 6.32. The van der Waals surface area contributed by atoms with Crippen molar-refractivity contribution in [3.05, 3.63) is 0 Å². The van der Waals surface area contributed by atoms with Gasteiger partial charge in [0.15, 0.2) is 0 Å². The molecule has 0 aliphatic heterocycles. The van der Waals surface area contributed by atoms with E-state index in [9.17, 15) is 17.6 Å². The van der Waals surface area contributed by atoms with Crippen LogP contribution in [0.2, 0.25) is 0 Å². The molecule has 0 N–H and O–H groups in total. The summed E-state index contributed by atoms with van der Waals surface area (Å²) in [6.45, 7) is 0. The molecule has 0 spiro atoms. The largest absolute Gasteiger partial charge is 0.391 e. The first-order valence-electron chi connectivity index (χ1n) is 4.69. The lowest BCUT2D eigenvalue weighted by Crippen LogP contribution is -2.44. The van der Waals surface area contributed by atoms with Crippen molar-refractivity contribution in [2.75, 3.05) is 14.1 Å². The fourth-order valence-corrected chi connectivity index (χ4v) is 1.94. The Balaban J connectivity index is 2.62. The number of rotatable bonds is 1. The van der Waals surface area contributed by atoms with Crippen LogP contribution in [0.4, 0.5) is 17.6 Å². The Morgan fingerprint density at radius 3 is 2.14 bits per heavy atom. The van der Waals surface area contributed by atoms with E-state index in [1.165, 1.54) is 0 Å². The first-order valence-corrected chi connectivity index (χ1v) is 4.69. The third-order valence-corrected chi connectivity index (χ3v) is 2.86. The molecule has 0 heterocycles. The molecule has 1 aliphatic carbocycles. The summed E-state index contributed by atoms with van der Waals surface area (Å²) in [5, 5.41) is 0. The van der Waals surface area contributed by atoms with Crippen LogP contribution >= 0.6 is 0 Å². The van der Waals surface area contributed by atoms with E-state index >= 15 is 0 Å². The van der Waals surface area contributed by atoms with E-state index in [4.69, 9.17) is 0 Å². The zero-order valence-corrected chi connectivity index (χ0v) is 8.31. The number of nitrogens with zero attached hydrogens (tertiary/aromatic N) is 1. The Bertz CT molecular complexity index is 190. The van der Waals surface area contributed by atoms with Gasteiger partial charge in [-0.15, -0.1) is 0 Å². The van der Waals surface area contributed by atoms with Crippen LogP contribution in [0.1, 0.15) is 19.3 Å². The Hall–Kier alpha value is -0.320. The average Bonchev–Trinajstić information content (AvgIpc) is 2.02. The molecular weight excluding hydrogens is 198 g/mol. The van der Waals surface area contributed by atoms with Crippen molar-refractivity contribution in [3.63, 3.8) is 0 Å². The molecule has 1 fully saturated rings. The van der Waals surface area contributed by atoms with Crippen molar-refractivity contribution < 1.29 is 17.6 Å². The number of halogens is 4. The molecule has 3 atom stereocenters. The Morgan fingerprint density at radius 2 is 1.71 bits per heavy atom. The van der Waals surface area contributed by atoms with Crippen LogP contribution in [-0.4, -0.2) is 37.4 Å². The molecule has 14 heavy (non-hydrogen) atoms. The fraction of sp³-hybridized carbons (Fsp3) is 1.00. The van der Waals surface area contributed by atoms with Crippen LogP contribution < -0.4 is 0 Å². The monoisotopic (exact) mass is 213 g/mol. The molecule has 0 radical (unpaired) electrons. The standard InChI is InChI=1S/C9H15F4N/c1-14(2)8-5-6(9(11,12)13)3-4-7(8)10/h6-8H,3-5H2,1-2H3. The summed E-state index contributed by atoms with van der Waals surface area (Å²) in [5.41, 5.74) is 0. The van der Waals surface area contributed by atoms with Gasteiger partial charge in [-0.25, -0.2) is 4.39 Å². The molecule has 84 valence electrons. The molecule has 0 aromatic carbocycles. The average molecular weight is 213 g/mol. The molecule has 0 aromatic heterocycles. The van der Waals surface area contributed by atoms with E-state index in [2.05, 4.69) is 0 Å². The van der Waals surface area contributed by atoms with Gasteiger partial charge >= 0.3 is 6.18 Å². The Kier molecular flexibility index (Phi) is 3.40. The van der Waals surface area contributed by atoms with Crippen molar-refractivity contribution in [1.29, 1.82) is 0 Å². The smallest absolute Gasteiger partial charge is 0.304 e. The predicted octanol–water partition coefficient (Wildman–Crippen LogP) is 2.62. The van der Waals surface area contributed by atoms with E-state index in [0.717, 1.165) is 0 Å². The van der Waals surface area contributed by atoms with E-state index in [0.29, 0.717) is 0 Å². The maximum Gasteiger partial charge on any atom is 0.391 e. The highest BCUT2D eigenvalue weighted by Gasteiger charge is 2.45. The number of alkyl halides is 4. The van der Waals surface area contributed by atoms with Crippen LogP contribution in [0.3, 0.4) is 0 Å². The quantitative estimate of drug-likeness (QED) is 0.605. The van der Waals surface area contributed by atoms with Crippen molar-refractivity contribution in [2.45, 2.75) is 37.7 Å². The normalized spacial score (nSPS) is 34.9. The SMILES string of the molecule is CN(C)C1CC(C(F)(F)F)CCC1F. The lowest BCUT2D eigenvalue weighted by atomic mass is 9.83. The summed E-state index contributed by atoms with van der Waals surface area (Å²) in [6.07, 6.45) is -5.46. The van der Waals surface area contributed by atoms with Gasteiger partial charge in [0.1, 0.15) is 6.17 Å². The number of hydrogen-bond donors (Lipinski definition) is 0. The van der Waals surface area contributed by atoms with Crippen molar-refractivity contribution >= 4 is 0 Å². The maximum absolute atomic E-state index is 13.3. The minimum absolute atomic E-state index is 0.0209. The second-order valence-corrected chi connectivity index (χ2v) is 4.10. The second kappa shape index (κ2) is 4.04. The van der Waals surface area contributed by atoms with Gasteiger partial charge in [0.05, 0.1) is 5.92 Å². The Labute approximate surface area is 81.1 Å². The van der Waals surface area contributed by atoms with E-state index in [-0.39, 0.29) is 19.3 Å². The molecule has 0 bridgehead atoms. The van der Waals surface area contributed by atoms with Crippen LogP contribution in [0.15, 0.2) is 0 Å². The first kappa shape index (κ1) is 11.8. The van der Waals surface area contributed by atoms with Gasteiger partial charge in [-0.1, -0.05) is 0 Å². The molecule has 0 amide bonds. The molecule has 0 aromatic rings. The molecule has 0 saturated heterocycles. The summed E-state index contributed by atoms with van der Waals surface area (Å²) >= 11 is 0. The van der Waals surface area contributed by atoms with Gasteiger partial charge < -0.3 is 4.90 Å². The summed E-state index contributed by atoms with van der Waals surface area (Å²) in [4.78, 5) is 1.54. The van der Waals surface area contributed by atoms with Crippen LogP contribution in [0, 0.1) is 5.92 Å². The highest BCUT2D eigenvalue weighted by atomic mass is 19.4. The van der Waals surface area contributed by atoms with Gasteiger partial charge in [0.2, 0.25) is 0 Å². The zero-order chi connectivity index (χ0) is 10.9. The predicted molar refractivity (Wildman–Crippen MR) is 45.8 cm³/mol. The second-order valence-electron chi connectivity index (χ2n) is 4.10. The van der Waals surface area contributed by atoms with Gasteiger partial charge in [0.25, 0.3) is 0 Å². The van der Waals surface area contributed by atoms with Gasteiger partial charge in [-0.05, 0) is 33.4 Å². The fourth-order valence-electron chi connectivity index (χ4n) is 1.94. The van der Waals surface area contributed by atoms with Crippen molar-refractivity contribution in [1.82, 2.24) is 4.90 Å². The van der Waals surface area contributed by atoms with Crippen molar-refractivity contribution in [2.24, 2.45) is 5.92 Å². The summed E-state index contributed by atoms with van der Waals surface area (Å²) in [6, 6.07) is -0.588. The van der Waals surface area contributed by atoms with E-state index < -0.39 is 24.3 Å². The zero-order valence-electron chi connectivity index (χ0n) is 8.31. The summed E-state index contributed by atoms with van der Waals surface area (Å²) < 4.78 is 50.3. The molecule has 1 rings (SSSR count). The van der Waals surface area contributed by atoms with Crippen LogP contribution in [0.25, 0.3) is 0 Å². The highest BCUT2D eigenvalue weighted by Crippen LogP contribution is 2.39. The molecule has 3 unspecified atom stereocenters. The highest BCUT2D eigenvalue weighted by molar-refractivity contribution is 4.87. The lowest BCUT2D eigenvalue weighted by molar-refractivity contribution is -0.189. The van der Waals surface area contributed by atoms with Crippen LogP contribution in [-0.2, 0) is 0 Å². The number of hydrogen-bond acceptors (Lipinski definition) is 1. The summed E-state index contributed by atoms with van der Waals surface area (Å²) in [7, 11) is 3.24.